The first-order valence-electron chi connectivity index (χ1n) is 8.09. The Kier molecular flexibility index (Phi) is 3.61. The van der Waals surface area contributed by atoms with Crippen molar-refractivity contribution in [1.29, 1.82) is 5.26 Å². The zero-order valence-corrected chi connectivity index (χ0v) is 13.1. The fourth-order valence-corrected chi connectivity index (χ4v) is 3.57. The smallest absolute Gasteiger partial charge is 0.234 e. The number of fused-ring (bicyclic) bond motifs is 3. The van der Waals surface area contributed by atoms with Crippen LogP contribution in [0.4, 0.5) is 0 Å². The Labute approximate surface area is 137 Å². The summed E-state index contributed by atoms with van der Waals surface area (Å²) in [6.07, 6.45) is 7.25. The number of hydrogen-bond acceptors (Lipinski definition) is 5. The van der Waals surface area contributed by atoms with Crippen molar-refractivity contribution < 1.29 is 4.79 Å². The van der Waals surface area contributed by atoms with Crippen molar-refractivity contribution in [2.45, 2.75) is 44.1 Å². The van der Waals surface area contributed by atoms with Crippen LogP contribution in [0.15, 0.2) is 18.5 Å². The van der Waals surface area contributed by atoms with E-state index in [-0.39, 0.29) is 24.3 Å². The van der Waals surface area contributed by atoms with Gasteiger partial charge < -0.3 is 10.3 Å². The van der Waals surface area contributed by atoms with Crippen LogP contribution in [0.1, 0.15) is 43.8 Å². The van der Waals surface area contributed by atoms with Gasteiger partial charge >= 0.3 is 0 Å². The molecule has 4 rings (SSSR count). The Balaban J connectivity index is 1.64. The second kappa shape index (κ2) is 5.92. The molecule has 0 bridgehead atoms. The molecule has 122 valence electrons. The molecule has 1 aliphatic carbocycles. The number of carbonyl (C=O) groups is 1. The van der Waals surface area contributed by atoms with E-state index in [2.05, 4.69) is 25.5 Å². The first-order chi connectivity index (χ1) is 11.8. The Morgan fingerprint density at radius 1 is 1.46 bits per heavy atom. The Morgan fingerprint density at radius 3 is 3.25 bits per heavy atom. The minimum atomic E-state index is -0.202. The molecule has 3 heterocycles. The summed E-state index contributed by atoms with van der Waals surface area (Å²) in [5.74, 6) is 0.935. The monoisotopic (exact) mass is 323 g/mol. The molecule has 8 heteroatoms. The van der Waals surface area contributed by atoms with E-state index in [0.717, 1.165) is 48.3 Å². The zero-order valence-electron chi connectivity index (χ0n) is 13.1. The molecule has 0 aromatic carbocycles. The number of H-pyrrole nitrogens is 1. The molecule has 3 aromatic rings. The summed E-state index contributed by atoms with van der Waals surface area (Å²) in [6, 6.07) is 3.94. The predicted octanol–water partition coefficient (Wildman–Crippen LogP) is 1.66. The van der Waals surface area contributed by atoms with Gasteiger partial charge in [0, 0.05) is 18.2 Å². The third kappa shape index (κ3) is 2.48. The average Bonchev–Trinajstić information content (AvgIpc) is 3.21. The van der Waals surface area contributed by atoms with E-state index in [9.17, 15) is 4.79 Å². The van der Waals surface area contributed by atoms with Crippen LogP contribution >= 0.6 is 0 Å². The van der Waals surface area contributed by atoms with Crippen LogP contribution in [-0.4, -0.2) is 36.5 Å². The van der Waals surface area contributed by atoms with Crippen LogP contribution in [0.5, 0.6) is 0 Å². The lowest BCUT2D eigenvalue weighted by molar-refractivity contribution is -0.121. The van der Waals surface area contributed by atoms with Gasteiger partial charge in [-0.15, -0.1) is 10.2 Å². The van der Waals surface area contributed by atoms with Gasteiger partial charge in [-0.1, -0.05) is 6.42 Å². The summed E-state index contributed by atoms with van der Waals surface area (Å²) in [6.45, 7) is 0. The number of carbonyl (C=O) groups excluding carboxylic acids is 1. The number of aromatic amines is 1. The highest BCUT2D eigenvalue weighted by Crippen LogP contribution is 2.33. The molecule has 0 unspecified atom stereocenters. The van der Waals surface area contributed by atoms with Crippen molar-refractivity contribution in [3.05, 3.63) is 24.3 Å². The van der Waals surface area contributed by atoms with E-state index in [0.29, 0.717) is 0 Å². The number of amides is 1. The molecule has 1 saturated carbocycles. The fourth-order valence-electron chi connectivity index (χ4n) is 3.57. The standard InChI is InChI=1S/C16H17N7O/c17-6-4-14(24)20-11-3-1-2-10(8-11)16-22-21-13-9-19-15-12(23(13)16)5-7-18-15/h5,7,9-11,18H,1-4,8H2,(H,20,24)/t10-,11+/m0/s1. The van der Waals surface area contributed by atoms with E-state index < -0.39 is 0 Å². The van der Waals surface area contributed by atoms with Crippen molar-refractivity contribution in [3.63, 3.8) is 0 Å². The maximum Gasteiger partial charge on any atom is 0.234 e. The minimum absolute atomic E-state index is 0.0838. The highest BCUT2D eigenvalue weighted by atomic mass is 16.1. The summed E-state index contributed by atoms with van der Waals surface area (Å²) in [7, 11) is 0. The number of nitriles is 1. The van der Waals surface area contributed by atoms with Gasteiger partial charge in [0.05, 0.1) is 17.8 Å². The van der Waals surface area contributed by atoms with Crippen LogP contribution in [0.2, 0.25) is 0 Å². The molecular weight excluding hydrogens is 306 g/mol. The molecule has 24 heavy (non-hydrogen) atoms. The first-order valence-corrected chi connectivity index (χ1v) is 8.09. The highest BCUT2D eigenvalue weighted by molar-refractivity contribution is 5.78. The van der Waals surface area contributed by atoms with E-state index >= 15 is 0 Å². The summed E-state index contributed by atoms with van der Waals surface area (Å²) >= 11 is 0. The van der Waals surface area contributed by atoms with Gasteiger partial charge in [0.15, 0.2) is 11.3 Å². The van der Waals surface area contributed by atoms with Gasteiger partial charge in [-0.2, -0.15) is 5.26 Å². The lowest BCUT2D eigenvalue weighted by Crippen LogP contribution is -2.38. The maximum absolute atomic E-state index is 11.7. The summed E-state index contributed by atoms with van der Waals surface area (Å²) in [5.41, 5.74) is 2.49. The lowest BCUT2D eigenvalue weighted by Gasteiger charge is -2.28. The van der Waals surface area contributed by atoms with Crippen LogP contribution in [0, 0.1) is 11.3 Å². The molecule has 2 atom stereocenters. The number of nitrogens with one attached hydrogen (secondary N) is 2. The molecular formula is C16H17N7O. The van der Waals surface area contributed by atoms with Crippen molar-refractivity contribution in [3.8, 4) is 6.07 Å². The molecule has 0 aliphatic heterocycles. The largest absolute Gasteiger partial charge is 0.352 e. The molecule has 1 aliphatic rings. The quantitative estimate of drug-likeness (QED) is 0.761. The summed E-state index contributed by atoms with van der Waals surface area (Å²) in [4.78, 5) is 19.1. The molecule has 1 fully saturated rings. The van der Waals surface area contributed by atoms with Gasteiger partial charge in [0.25, 0.3) is 0 Å². The van der Waals surface area contributed by atoms with Gasteiger partial charge in [0.2, 0.25) is 5.91 Å². The van der Waals surface area contributed by atoms with E-state index in [4.69, 9.17) is 5.26 Å². The number of rotatable bonds is 3. The second-order valence-electron chi connectivity index (χ2n) is 6.18. The number of hydrogen-bond donors (Lipinski definition) is 2. The number of nitrogens with zero attached hydrogens (tertiary/aromatic N) is 5. The first kappa shape index (κ1) is 14.6. The van der Waals surface area contributed by atoms with Crippen LogP contribution < -0.4 is 5.32 Å². The van der Waals surface area contributed by atoms with E-state index in [1.54, 1.807) is 6.20 Å². The Hall–Kier alpha value is -2.95. The molecule has 0 radical (unpaired) electrons. The zero-order chi connectivity index (χ0) is 16.5. The topological polar surface area (TPSA) is 112 Å². The SMILES string of the molecule is N#CCC(=O)N[C@@H]1CCC[C@H](c2nnc3cnc4[nH]ccc4n23)C1. The van der Waals surface area contributed by atoms with E-state index in [1.807, 2.05) is 22.7 Å². The normalized spacial score (nSPS) is 21.0. The molecule has 2 N–H and O–H groups in total. The molecule has 0 saturated heterocycles. The minimum Gasteiger partial charge on any atom is -0.352 e. The Bertz CT molecular complexity index is 935. The third-order valence-electron chi connectivity index (χ3n) is 4.61. The van der Waals surface area contributed by atoms with Crippen LogP contribution in [0.3, 0.4) is 0 Å². The molecule has 1 amide bonds. The van der Waals surface area contributed by atoms with Crippen molar-refractivity contribution >= 4 is 22.7 Å². The van der Waals surface area contributed by atoms with Crippen molar-refractivity contribution in [1.82, 2.24) is 29.9 Å². The second-order valence-corrected chi connectivity index (χ2v) is 6.18. The third-order valence-corrected chi connectivity index (χ3v) is 4.61. The molecule has 0 spiro atoms. The van der Waals surface area contributed by atoms with Gasteiger partial charge in [-0.05, 0) is 25.3 Å². The lowest BCUT2D eigenvalue weighted by atomic mass is 9.85. The van der Waals surface area contributed by atoms with Crippen LogP contribution in [0.25, 0.3) is 16.8 Å². The van der Waals surface area contributed by atoms with E-state index in [1.165, 1.54) is 0 Å². The number of aromatic nitrogens is 5. The maximum atomic E-state index is 11.7. The van der Waals surface area contributed by atoms with Crippen molar-refractivity contribution in [2.24, 2.45) is 0 Å². The van der Waals surface area contributed by atoms with Gasteiger partial charge in [-0.3, -0.25) is 9.20 Å². The summed E-state index contributed by atoms with van der Waals surface area (Å²) < 4.78 is 2.04. The Morgan fingerprint density at radius 2 is 2.38 bits per heavy atom. The molecule has 8 nitrogen and oxygen atoms in total. The highest BCUT2D eigenvalue weighted by Gasteiger charge is 2.28. The van der Waals surface area contributed by atoms with Gasteiger partial charge in [0.1, 0.15) is 12.2 Å². The summed E-state index contributed by atoms with van der Waals surface area (Å²) in [5, 5.41) is 20.2. The average molecular weight is 323 g/mol. The fraction of sp³-hybridized carbons (Fsp3) is 0.438. The van der Waals surface area contributed by atoms with Gasteiger partial charge in [-0.25, -0.2) is 4.98 Å². The van der Waals surface area contributed by atoms with Crippen LogP contribution in [-0.2, 0) is 4.79 Å². The molecule has 3 aromatic heterocycles. The van der Waals surface area contributed by atoms with Crippen molar-refractivity contribution in [2.75, 3.05) is 0 Å². The predicted molar refractivity (Wildman–Crippen MR) is 86.0 cm³/mol.